The van der Waals surface area contributed by atoms with Crippen molar-refractivity contribution in [1.82, 2.24) is 5.32 Å². The maximum absolute atomic E-state index is 9.36. The summed E-state index contributed by atoms with van der Waals surface area (Å²) in [5, 5.41) is 21.0. The number of unbranched alkanes of at least 4 members (excludes halogenated alkanes) is 11. The Labute approximate surface area is 126 Å². The lowest BCUT2D eigenvalue weighted by atomic mass is 10.1. The standard InChI is InChI=1S/C17H37NO2/c1-2-3-4-5-6-7-8-9-10-11-12-13-15-18-17(20)14-16-19/h17-20H,2-16H2,1H3. The van der Waals surface area contributed by atoms with Crippen molar-refractivity contribution < 1.29 is 10.2 Å². The largest absolute Gasteiger partial charge is 0.396 e. The molecule has 0 saturated carbocycles. The summed E-state index contributed by atoms with van der Waals surface area (Å²) in [7, 11) is 0. The van der Waals surface area contributed by atoms with Crippen molar-refractivity contribution in [3.63, 3.8) is 0 Å². The first-order valence-electron chi connectivity index (χ1n) is 8.83. The minimum absolute atomic E-state index is 0.0482. The molecule has 0 radical (unpaired) electrons. The molecule has 3 nitrogen and oxygen atoms in total. The molecule has 0 aliphatic carbocycles. The highest BCUT2D eigenvalue weighted by Gasteiger charge is 2.00. The molecule has 3 heteroatoms. The molecular weight excluding hydrogens is 250 g/mol. The molecule has 0 bridgehead atoms. The van der Waals surface area contributed by atoms with E-state index in [0.717, 1.165) is 13.0 Å². The van der Waals surface area contributed by atoms with E-state index in [4.69, 9.17) is 5.11 Å². The van der Waals surface area contributed by atoms with Crippen LogP contribution in [0.15, 0.2) is 0 Å². The van der Waals surface area contributed by atoms with Crippen LogP contribution in [-0.2, 0) is 0 Å². The summed E-state index contributed by atoms with van der Waals surface area (Å²) in [5.74, 6) is 0. The van der Waals surface area contributed by atoms with Crippen LogP contribution < -0.4 is 5.32 Å². The van der Waals surface area contributed by atoms with Crippen molar-refractivity contribution in [2.75, 3.05) is 13.2 Å². The second-order valence-corrected chi connectivity index (χ2v) is 5.87. The molecule has 0 aromatic rings. The second kappa shape index (κ2) is 16.9. The van der Waals surface area contributed by atoms with Crippen molar-refractivity contribution in [2.45, 2.75) is 96.6 Å². The Morgan fingerprint density at radius 1 is 0.750 bits per heavy atom. The molecule has 0 rings (SSSR count). The zero-order valence-electron chi connectivity index (χ0n) is 13.6. The molecule has 122 valence electrons. The van der Waals surface area contributed by atoms with Crippen LogP contribution in [0.4, 0.5) is 0 Å². The summed E-state index contributed by atoms with van der Waals surface area (Å²) in [6, 6.07) is 0. The normalized spacial score (nSPS) is 12.8. The molecule has 0 aliphatic heterocycles. The Morgan fingerprint density at radius 3 is 1.65 bits per heavy atom. The smallest absolute Gasteiger partial charge is 0.107 e. The number of nitrogens with one attached hydrogen (secondary N) is 1. The van der Waals surface area contributed by atoms with E-state index < -0.39 is 6.23 Å². The summed E-state index contributed by atoms with van der Waals surface area (Å²) in [6.07, 6.45) is 16.1. The molecular formula is C17H37NO2. The second-order valence-electron chi connectivity index (χ2n) is 5.87. The van der Waals surface area contributed by atoms with E-state index in [1.807, 2.05) is 0 Å². The van der Waals surface area contributed by atoms with Crippen molar-refractivity contribution in [1.29, 1.82) is 0 Å². The fraction of sp³-hybridized carbons (Fsp3) is 1.00. The number of hydrogen-bond acceptors (Lipinski definition) is 3. The predicted octanol–water partition coefficient (Wildman–Crippen LogP) is 3.98. The average Bonchev–Trinajstić information content (AvgIpc) is 2.44. The highest BCUT2D eigenvalue weighted by Crippen LogP contribution is 2.11. The van der Waals surface area contributed by atoms with Crippen LogP contribution in [0.3, 0.4) is 0 Å². The third kappa shape index (κ3) is 15.9. The van der Waals surface area contributed by atoms with Crippen LogP contribution in [0, 0.1) is 0 Å². The number of aliphatic hydroxyl groups excluding tert-OH is 2. The van der Waals surface area contributed by atoms with E-state index in [0.29, 0.717) is 6.42 Å². The molecule has 0 saturated heterocycles. The number of rotatable bonds is 16. The van der Waals surface area contributed by atoms with Gasteiger partial charge in [-0.25, -0.2) is 0 Å². The van der Waals surface area contributed by atoms with Gasteiger partial charge in [-0.15, -0.1) is 0 Å². The highest BCUT2D eigenvalue weighted by molar-refractivity contribution is 4.54. The fourth-order valence-corrected chi connectivity index (χ4v) is 2.46. The lowest BCUT2D eigenvalue weighted by Crippen LogP contribution is -2.30. The Kier molecular flexibility index (Phi) is 16.8. The van der Waals surface area contributed by atoms with E-state index in [1.54, 1.807) is 0 Å². The van der Waals surface area contributed by atoms with Crippen LogP contribution >= 0.6 is 0 Å². The van der Waals surface area contributed by atoms with Crippen molar-refractivity contribution >= 4 is 0 Å². The molecule has 1 atom stereocenters. The Morgan fingerprint density at radius 2 is 1.20 bits per heavy atom. The van der Waals surface area contributed by atoms with Gasteiger partial charge in [0, 0.05) is 13.0 Å². The molecule has 1 unspecified atom stereocenters. The van der Waals surface area contributed by atoms with E-state index in [-0.39, 0.29) is 6.61 Å². The molecule has 3 N–H and O–H groups in total. The van der Waals surface area contributed by atoms with Crippen LogP contribution in [-0.4, -0.2) is 29.6 Å². The quantitative estimate of drug-likeness (QED) is 0.297. The van der Waals surface area contributed by atoms with E-state index in [1.165, 1.54) is 70.6 Å². The third-order valence-corrected chi connectivity index (χ3v) is 3.81. The van der Waals surface area contributed by atoms with E-state index in [2.05, 4.69) is 12.2 Å². The van der Waals surface area contributed by atoms with Gasteiger partial charge in [-0.1, -0.05) is 77.6 Å². The van der Waals surface area contributed by atoms with Crippen LogP contribution in [0.25, 0.3) is 0 Å². The van der Waals surface area contributed by atoms with Crippen LogP contribution in [0.1, 0.15) is 90.4 Å². The SMILES string of the molecule is CCCCCCCCCCCCCCNC(O)CCO. The van der Waals surface area contributed by atoms with Gasteiger partial charge in [-0.2, -0.15) is 0 Å². The maximum Gasteiger partial charge on any atom is 0.107 e. The Hall–Kier alpha value is -0.120. The average molecular weight is 287 g/mol. The molecule has 0 aromatic heterocycles. The van der Waals surface area contributed by atoms with Gasteiger partial charge in [0.25, 0.3) is 0 Å². The predicted molar refractivity (Wildman–Crippen MR) is 86.8 cm³/mol. The van der Waals surface area contributed by atoms with Gasteiger partial charge in [-0.3, -0.25) is 5.32 Å². The molecule has 20 heavy (non-hydrogen) atoms. The minimum Gasteiger partial charge on any atom is -0.396 e. The molecule has 0 heterocycles. The van der Waals surface area contributed by atoms with E-state index in [9.17, 15) is 5.11 Å². The van der Waals surface area contributed by atoms with Crippen LogP contribution in [0.5, 0.6) is 0 Å². The van der Waals surface area contributed by atoms with Gasteiger partial charge in [-0.05, 0) is 13.0 Å². The summed E-state index contributed by atoms with van der Waals surface area (Å²) >= 11 is 0. The molecule has 0 aromatic carbocycles. The fourth-order valence-electron chi connectivity index (χ4n) is 2.46. The Bertz CT molecular complexity index is 176. The third-order valence-electron chi connectivity index (χ3n) is 3.81. The summed E-state index contributed by atoms with van der Waals surface area (Å²) < 4.78 is 0. The number of hydrogen-bond donors (Lipinski definition) is 3. The van der Waals surface area contributed by atoms with Crippen molar-refractivity contribution in [3.8, 4) is 0 Å². The topological polar surface area (TPSA) is 52.5 Å². The number of aliphatic hydroxyl groups is 2. The summed E-state index contributed by atoms with van der Waals surface area (Å²) in [6.45, 7) is 3.17. The van der Waals surface area contributed by atoms with Gasteiger partial charge in [0.2, 0.25) is 0 Å². The highest BCUT2D eigenvalue weighted by atomic mass is 16.3. The van der Waals surface area contributed by atoms with Crippen molar-refractivity contribution in [2.24, 2.45) is 0 Å². The Balaban J connectivity index is 2.99. The molecule has 0 spiro atoms. The van der Waals surface area contributed by atoms with E-state index >= 15 is 0 Å². The molecule has 0 aliphatic rings. The van der Waals surface area contributed by atoms with Crippen LogP contribution in [0.2, 0.25) is 0 Å². The van der Waals surface area contributed by atoms with Gasteiger partial charge in [0.05, 0.1) is 0 Å². The first-order valence-corrected chi connectivity index (χ1v) is 8.83. The first kappa shape index (κ1) is 19.9. The zero-order chi connectivity index (χ0) is 14.9. The summed E-state index contributed by atoms with van der Waals surface area (Å²) in [5.41, 5.74) is 0. The van der Waals surface area contributed by atoms with Gasteiger partial charge in [0.1, 0.15) is 6.23 Å². The summed E-state index contributed by atoms with van der Waals surface area (Å²) in [4.78, 5) is 0. The minimum atomic E-state index is -0.535. The lowest BCUT2D eigenvalue weighted by molar-refractivity contribution is 0.102. The lowest BCUT2D eigenvalue weighted by Gasteiger charge is -2.10. The van der Waals surface area contributed by atoms with Gasteiger partial charge >= 0.3 is 0 Å². The van der Waals surface area contributed by atoms with Gasteiger partial charge < -0.3 is 10.2 Å². The monoisotopic (exact) mass is 287 g/mol. The molecule has 0 fully saturated rings. The zero-order valence-corrected chi connectivity index (χ0v) is 13.6. The van der Waals surface area contributed by atoms with Gasteiger partial charge in [0.15, 0.2) is 0 Å². The maximum atomic E-state index is 9.36. The molecule has 0 amide bonds. The van der Waals surface area contributed by atoms with Crippen molar-refractivity contribution in [3.05, 3.63) is 0 Å². The first-order chi connectivity index (χ1) is 9.81.